The van der Waals surface area contributed by atoms with Crippen molar-refractivity contribution in [1.29, 1.82) is 0 Å². The van der Waals surface area contributed by atoms with Gasteiger partial charge in [-0.05, 0) is 37.6 Å². The van der Waals surface area contributed by atoms with E-state index in [-0.39, 0.29) is 11.7 Å². The number of rotatable bonds is 3. The summed E-state index contributed by atoms with van der Waals surface area (Å²) in [5, 5.41) is 12.3. The number of ether oxygens (including phenoxy) is 1. The molecule has 4 nitrogen and oxygen atoms in total. The molecule has 0 amide bonds. The summed E-state index contributed by atoms with van der Waals surface area (Å²) in [5.74, 6) is -0.0769. The molecule has 0 aliphatic rings. The lowest BCUT2D eigenvalue weighted by atomic mass is 10.2. The molecule has 1 atom stereocenters. The molecule has 82 valence electrons. The Bertz CT molecular complexity index is 363. The minimum Gasteiger partial charge on any atom is -0.508 e. The number of benzene rings is 1. The third-order valence-corrected chi connectivity index (χ3v) is 2.13. The predicted octanol–water partition coefficient (Wildman–Crippen LogP) is 1.67. The highest BCUT2D eigenvalue weighted by atomic mass is 16.5. The molecule has 0 radical (unpaired) electrons. The number of methoxy groups -OCH3 is 1. The SMILES string of the molecule is COC(=O)[C@H](C)Nc1ccc(O)c(C)c1. The smallest absolute Gasteiger partial charge is 0.327 e. The molecule has 0 heterocycles. The number of phenols is 1. The molecule has 2 N–H and O–H groups in total. The molecule has 0 saturated carbocycles. The van der Waals surface area contributed by atoms with E-state index < -0.39 is 6.04 Å². The fourth-order valence-electron chi connectivity index (χ4n) is 1.23. The van der Waals surface area contributed by atoms with E-state index in [1.807, 2.05) is 0 Å². The van der Waals surface area contributed by atoms with Gasteiger partial charge in [-0.1, -0.05) is 0 Å². The zero-order chi connectivity index (χ0) is 11.4. The van der Waals surface area contributed by atoms with Crippen molar-refractivity contribution in [3.8, 4) is 5.75 Å². The monoisotopic (exact) mass is 209 g/mol. The van der Waals surface area contributed by atoms with E-state index in [4.69, 9.17) is 0 Å². The van der Waals surface area contributed by atoms with Gasteiger partial charge in [0.25, 0.3) is 0 Å². The van der Waals surface area contributed by atoms with Crippen molar-refractivity contribution in [3.63, 3.8) is 0 Å². The second-order valence-electron chi connectivity index (χ2n) is 3.39. The molecule has 15 heavy (non-hydrogen) atoms. The number of phenolic OH excluding ortho intramolecular Hbond substituents is 1. The molecule has 0 spiro atoms. The first-order valence-electron chi connectivity index (χ1n) is 4.68. The van der Waals surface area contributed by atoms with E-state index in [1.54, 1.807) is 32.0 Å². The fraction of sp³-hybridized carbons (Fsp3) is 0.364. The van der Waals surface area contributed by atoms with Gasteiger partial charge in [-0.2, -0.15) is 0 Å². The van der Waals surface area contributed by atoms with Crippen LogP contribution in [0.3, 0.4) is 0 Å². The largest absolute Gasteiger partial charge is 0.508 e. The van der Waals surface area contributed by atoms with Crippen LogP contribution in [0.1, 0.15) is 12.5 Å². The molecule has 0 aliphatic heterocycles. The maximum Gasteiger partial charge on any atom is 0.327 e. The molecule has 1 aromatic carbocycles. The normalized spacial score (nSPS) is 11.9. The minimum absolute atomic E-state index is 0.242. The Morgan fingerprint density at radius 3 is 2.73 bits per heavy atom. The highest BCUT2D eigenvalue weighted by Gasteiger charge is 2.12. The van der Waals surface area contributed by atoms with Gasteiger partial charge in [0.2, 0.25) is 0 Å². The van der Waals surface area contributed by atoms with Crippen LogP contribution >= 0.6 is 0 Å². The van der Waals surface area contributed by atoms with Gasteiger partial charge in [-0.3, -0.25) is 0 Å². The van der Waals surface area contributed by atoms with Gasteiger partial charge in [-0.25, -0.2) is 4.79 Å². The Morgan fingerprint density at radius 1 is 1.53 bits per heavy atom. The zero-order valence-corrected chi connectivity index (χ0v) is 9.07. The van der Waals surface area contributed by atoms with Crippen LogP contribution in [0.4, 0.5) is 5.69 Å². The van der Waals surface area contributed by atoms with Crippen LogP contribution in [0, 0.1) is 6.92 Å². The van der Waals surface area contributed by atoms with Crippen molar-refractivity contribution in [2.75, 3.05) is 12.4 Å². The average molecular weight is 209 g/mol. The summed E-state index contributed by atoms with van der Waals surface area (Å²) in [6.07, 6.45) is 0. The lowest BCUT2D eigenvalue weighted by Gasteiger charge is -2.13. The summed E-state index contributed by atoms with van der Waals surface area (Å²) in [5.41, 5.74) is 1.54. The average Bonchev–Trinajstić information content (AvgIpc) is 2.22. The first kappa shape index (κ1) is 11.4. The first-order valence-corrected chi connectivity index (χ1v) is 4.68. The molecular weight excluding hydrogens is 194 g/mol. The highest BCUT2D eigenvalue weighted by molar-refractivity contribution is 5.78. The number of esters is 1. The summed E-state index contributed by atoms with van der Waals surface area (Å²) in [6, 6.07) is 4.66. The number of hydrogen-bond donors (Lipinski definition) is 2. The molecule has 0 saturated heterocycles. The summed E-state index contributed by atoms with van der Waals surface area (Å²) in [6.45, 7) is 3.51. The Morgan fingerprint density at radius 2 is 2.20 bits per heavy atom. The van der Waals surface area contributed by atoms with Crippen molar-refractivity contribution >= 4 is 11.7 Å². The molecule has 0 aromatic heterocycles. The second kappa shape index (κ2) is 4.68. The number of aryl methyl sites for hydroxylation is 1. The van der Waals surface area contributed by atoms with Crippen LogP contribution in [0.5, 0.6) is 5.75 Å². The van der Waals surface area contributed by atoms with Crippen molar-refractivity contribution in [2.24, 2.45) is 0 Å². The zero-order valence-electron chi connectivity index (χ0n) is 9.07. The second-order valence-corrected chi connectivity index (χ2v) is 3.39. The number of carbonyl (C=O) groups is 1. The summed E-state index contributed by atoms with van der Waals surface area (Å²) in [7, 11) is 1.35. The van der Waals surface area contributed by atoms with Crippen LogP contribution in [0.15, 0.2) is 18.2 Å². The molecule has 0 fully saturated rings. The van der Waals surface area contributed by atoms with E-state index in [0.29, 0.717) is 0 Å². The van der Waals surface area contributed by atoms with Gasteiger partial charge in [0.05, 0.1) is 7.11 Å². The van der Waals surface area contributed by atoms with E-state index in [1.165, 1.54) is 7.11 Å². The van der Waals surface area contributed by atoms with Crippen molar-refractivity contribution in [2.45, 2.75) is 19.9 Å². The Labute approximate surface area is 88.9 Å². The molecule has 1 aromatic rings. The molecule has 0 unspecified atom stereocenters. The van der Waals surface area contributed by atoms with Crippen molar-refractivity contribution < 1.29 is 14.6 Å². The Kier molecular flexibility index (Phi) is 3.55. The van der Waals surface area contributed by atoms with Crippen molar-refractivity contribution in [3.05, 3.63) is 23.8 Å². The molecule has 0 bridgehead atoms. The standard InChI is InChI=1S/C11H15NO3/c1-7-6-9(4-5-10(7)13)12-8(2)11(14)15-3/h4-6,8,12-13H,1-3H3/t8-/m0/s1. The summed E-state index contributed by atoms with van der Waals surface area (Å²) >= 11 is 0. The van der Waals surface area contributed by atoms with Gasteiger partial charge in [-0.15, -0.1) is 0 Å². The van der Waals surface area contributed by atoms with Crippen LogP contribution in [-0.2, 0) is 9.53 Å². The highest BCUT2D eigenvalue weighted by Crippen LogP contribution is 2.20. The molecule has 1 rings (SSSR count). The molecule has 4 heteroatoms. The van der Waals surface area contributed by atoms with Gasteiger partial charge in [0.1, 0.15) is 11.8 Å². The maximum absolute atomic E-state index is 11.1. The van der Waals surface area contributed by atoms with E-state index >= 15 is 0 Å². The van der Waals surface area contributed by atoms with Crippen LogP contribution in [-0.4, -0.2) is 24.2 Å². The number of aromatic hydroxyl groups is 1. The Hall–Kier alpha value is -1.71. The summed E-state index contributed by atoms with van der Waals surface area (Å²) < 4.78 is 4.59. The van der Waals surface area contributed by atoms with E-state index in [9.17, 15) is 9.90 Å². The number of nitrogens with one attached hydrogen (secondary N) is 1. The van der Waals surface area contributed by atoms with Gasteiger partial charge < -0.3 is 15.2 Å². The topological polar surface area (TPSA) is 58.6 Å². The van der Waals surface area contributed by atoms with E-state index in [0.717, 1.165) is 11.3 Å². The Balaban J connectivity index is 2.73. The fourth-order valence-corrected chi connectivity index (χ4v) is 1.23. The minimum atomic E-state index is -0.404. The van der Waals surface area contributed by atoms with Crippen LogP contribution < -0.4 is 5.32 Å². The number of anilines is 1. The maximum atomic E-state index is 11.1. The first-order chi connectivity index (χ1) is 7.04. The summed E-state index contributed by atoms with van der Waals surface area (Å²) in [4.78, 5) is 11.1. The van der Waals surface area contributed by atoms with E-state index in [2.05, 4.69) is 10.1 Å². The van der Waals surface area contributed by atoms with Gasteiger partial charge in [0.15, 0.2) is 0 Å². The third kappa shape index (κ3) is 2.87. The third-order valence-electron chi connectivity index (χ3n) is 2.13. The van der Waals surface area contributed by atoms with Crippen LogP contribution in [0.2, 0.25) is 0 Å². The number of hydrogen-bond acceptors (Lipinski definition) is 4. The lowest BCUT2D eigenvalue weighted by Crippen LogP contribution is -2.27. The predicted molar refractivity (Wildman–Crippen MR) is 57.9 cm³/mol. The molecule has 0 aliphatic carbocycles. The lowest BCUT2D eigenvalue weighted by molar-refractivity contribution is -0.141. The van der Waals surface area contributed by atoms with Crippen molar-refractivity contribution in [1.82, 2.24) is 0 Å². The quantitative estimate of drug-likeness (QED) is 0.587. The number of carbonyl (C=O) groups excluding carboxylic acids is 1. The van der Waals surface area contributed by atoms with Gasteiger partial charge in [0, 0.05) is 5.69 Å². The van der Waals surface area contributed by atoms with Crippen LogP contribution in [0.25, 0.3) is 0 Å². The van der Waals surface area contributed by atoms with Gasteiger partial charge >= 0.3 is 5.97 Å². The molecular formula is C11H15NO3.